The first-order valence-electron chi connectivity index (χ1n) is 11.3. The largest absolute Gasteiger partial charge is 0.508 e. The second-order valence-corrected chi connectivity index (χ2v) is 10.3. The van der Waals surface area contributed by atoms with Gasteiger partial charge in [0, 0.05) is 30.2 Å². The number of nitriles is 1. The number of fused-ring (bicyclic) bond motifs is 2. The number of unbranched alkanes of at least 4 members (excludes halogenated alkanes) is 2. The van der Waals surface area contributed by atoms with Crippen LogP contribution in [0.5, 0.6) is 11.5 Å². The maximum Gasteiger partial charge on any atom is 0.137 e. The second kappa shape index (κ2) is 7.35. The number of Topliss-reactive ketones (excluding diaryl/α,β-unsaturated/α-hetero) is 1. The Labute approximate surface area is 173 Å². The third kappa shape index (κ3) is 3.23. The summed E-state index contributed by atoms with van der Waals surface area (Å²) in [5.74, 6) is 0.966. The van der Waals surface area contributed by atoms with Crippen LogP contribution in [0.3, 0.4) is 0 Å². The molecule has 5 rings (SSSR count). The van der Waals surface area contributed by atoms with Crippen molar-refractivity contribution in [3.8, 4) is 17.6 Å². The minimum absolute atomic E-state index is 0.00777. The summed E-state index contributed by atoms with van der Waals surface area (Å²) in [5.41, 5.74) is 1.55. The van der Waals surface area contributed by atoms with E-state index in [-0.39, 0.29) is 39.9 Å². The van der Waals surface area contributed by atoms with Gasteiger partial charge in [0.2, 0.25) is 0 Å². The number of phenolic OH excluding ortho intramolecular Hbond substituents is 2. The van der Waals surface area contributed by atoms with Crippen LogP contribution in [0.15, 0.2) is 12.1 Å². The molecule has 2 bridgehead atoms. The van der Waals surface area contributed by atoms with Gasteiger partial charge in [-0.3, -0.25) is 4.79 Å². The van der Waals surface area contributed by atoms with Crippen molar-refractivity contribution >= 4 is 5.78 Å². The van der Waals surface area contributed by atoms with Gasteiger partial charge in [-0.1, -0.05) is 33.1 Å². The summed E-state index contributed by atoms with van der Waals surface area (Å²) in [5, 5.41) is 30.8. The van der Waals surface area contributed by atoms with E-state index < -0.39 is 0 Å². The Morgan fingerprint density at radius 3 is 2.34 bits per heavy atom. The zero-order valence-electron chi connectivity index (χ0n) is 17.7. The van der Waals surface area contributed by atoms with E-state index in [1.165, 1.54) is 0 Å². The molecule has 0 heterocycles. The van der Waals surface area contributed by atoms with E-state index in [2.05, 4.69) is 19.9 Å². The van der Waals surface area contributed by atoms with Gasteiger partial charge in [0.1, 0.15) is 17.3 Å². The number of hydrogen-bond acceptors (Lipinski definition) is 4. The Morgan fingerprint density at radius 2 is 1.79 bits per heavy atom. The van der Waals surface area contributed by atoms with Crippen LogP contribution >= 0.6 is 0 Å². The van der Waals surface area contributed by atoms with Crippen molar-refractivity contribution in [1.82, 2.24) is 0 Å². The highest BCUT2D eigenvalue weighted by Gasteiger charge is 2.59. The van der Waals surface area contributed by atoms with Gasteiger partial charge in [-0.05, 0) is 66.5 Å². The second-order valence-electron chi connectivity index (χ2n) is 10.3. The Bertz CT molecular complexity index is 821. The summed E-state index contributed by atoms with van der Waals surface area (Å²) >= 11 is 0. The van der Waals surface area contributed by atoms with Crippen LogP contribution in [0.4, 0.5) is 0 Å². The van der Waals surface area contributed by atoms with Gasteiger partial charge in [0.05, 0.1) is 6.07 Å². The van der Waals surface area contributed by atoms with Crippen molar-refractivity contribution in [2.45, 2.75) is 89.4 Å². The number of hydrogen-bond donors (Lipinski definition) is 2. The highest BCUT2D eigenvalue weighted by Crippen LogP contribution is 2.64. The van der Waals surface area contributed by atoms with Crippen molar-refractivity contribution in [1.29, 1.82) is 5.26 Å². The van der Waals surface area contributed by atoms with Crippen LogP contribution in [-0.2, 0) is 10.2 Å². The van der Waals surface area contributed by atoms with Crippen LogP contribution in [0, 0.1) is 28.6 Å². The number of aromatic hydroxyl groups is 2. The van der Waals surface area contributed by atoms with E-state index in [0.717, 1.165) is 56.9 Å². The summed E-state index contributed by atoms with van der Waals surface area (Å²) < 4.78 is 0. The van der Waals surface area contributed by atoms with Crippen molar-refractivity contribution in [3.05, 3.63) is 23.3 Å². The van der Waals surface area contributed by atoms with E-state index in [4.69, 9.17) is 5.26 Å². The fourth-order valence-electron chi connectivity index (χ4n) is 6.70. The Balaban J connectivity index is 1.63. The number of rotatable bonds is 6. The van der Waals surface area contributed by atoms with Crippen molar-refractivity contribution in [2.24, 2.45) is 17.3 Å². The molecule has 0 saturated heterocycles. The number of phenols is 2. The van der Waals surface area contributed by atoms with Crippen LogP contribution in [0.1, 0.15) is 95.1 Å². The molecule has 0 radical (unpaired) electrons. The summed E-state index contributed by atoms with van der Waals surface area (Å²) in [4.78, 5) is 12.6. The molecule has 0 aromatic heterocycles. The first-order valence-corrected chi connectivity index (χ1v) is 11.3. The lowest BCUT2D eigenvalue weighted by atomic mass is 9.44. The van der Waals surface area contributed by atoms with Gasteiger partial charge in [0.15, 0.2) is 0 Å². The molecule has 156 valence electrons. The molecule has 0 spiro atoms. The van der Waals surface area contributed by atoms with Gasteiger partial charge in [0.25, 0.3) is 0 Å². The molecule has 4 aliphatic carbocycles. The predicted octanol–water partition coefficient (Wildman–Crippen LogP) is 5.71. The number of nitrogens with zero attached hydrogens (tertiary/aromatic N) is 1. The van der Waals surface area contributed by atoms with Crippen molar-refractivity contribution in [3.63, 3.8) is 0 Å². The van der Waals surface area contributed by atoms with E-state index >= 15 is 0 Å². The quantitative estimate of drug-likeness (QED) is 0.604. The molecular weight excluding hydrogens is 362 g/mol. The first kappa shape index (κ1) is 20.3. The van der Waals surface area contributed by atoms with Crippen molar-refractivity contribution < 1.29 is 15.0 Å². The van der Waals surface area contributed by atoms with E-state index in [9.17, 15) is 15.0 Å². The highest BCUT2D eigenvalue weighted by molar-refractivity contribution is 5.86. The van der Waals surface area contributed by atoms with Crippen molar-refractivity contribution in [2.75, 3.05) is 0 Å². The van der Waals surface area contributed by atoms with Crippen LogP contribution in [0.25, 0.3) is 0 Å². The molecule has 1 aromatic rings. The van der Waals surface area contributed by atoms with Gasteiger partial charge in [-0.25, -0.2) is 0 Å². The molecule has 1 aromatic carbocycles. The fourth-order valence-corrected chi connectivity index (χ4v) is 6.70. The molecule has 4 saturated carbocycles. The molecule has 4 nitrogen and oxygen atoms in total. The molecule has 4 fully saturated rings. The van der Waals surface area contributed by atoms with Gasteiger partial charge < -0.3 is 10.2 Å². The summed E-state index contributed by atoms with van der Waals surface area (Å²) in [6.45, 7) is 4.29. The standard InChI is InChI=1S/C25H33NO3/c1-24(2)18-15-19(24)20(27)14-17(18)23-21(28)12-16(13-22(23)29)25(9-5-6-10-25)8-4-3-7-11-26/h12-13,17-19,28-29H,3-10,14-15H2,1-2H3/t17-,18?,19?/m1/s1. The average Bonchev–Trinajstić information content (AvgIpc) is 3.14. The average molecular weight is 396 g/mol. The maximum absolute atomic E-state index is 12.6. The van der Waals surface area contributed by atoms with Crippen LogP contribution < -0.4 is 0 Å². The molecule has 29 heavy (non-hydrogen) atoms. The Hall–Kier alpha value is -2.02. The number of ketones is 1. The number of carbonyl (C=O) groups is 1. The first-order chi connectivity index (χ1) is 13.8. The zero-order valence-corrected chi connectivity index (χ0v) is 17.7. The smallest absolute Gasteiger partial charge is 0.137 e. The Kier molecular flexibility index (Phi) is 5.13. The molecule has 4 aliphatic rings. The maximum atomic E-state index is 12.6. The molecule has 4 heteroatoms. The lowest BCUT2D eigenvalue weighted by Crippen LogP contribution is -2.56. The zero-order chi connectivity index (χ0) is 20.8. The monoisotopic (exact) mass is 395 g/mol. The molecule has 2 N–H and O–H groups in total. The van der Waals surface area contributed by atoms with E-state index in [0.29, 0.717) is 24.3 Å². The van der Waals surface area contributed by atoms with E-state index in [1.54, 1.807) is 0 Å². The minimum atomic E-state index is -0.0910. The lowest BCUT2D eigenvalue weighted by molar-refractivity contribution is -0.151. The lowest BCUT2D eigenvalue weighted by Gasteiger charge is -2.59. The summed E-state index contributed by atoms with van der Waals surface area (Å²) in [6, 6.07) is 5.95. The summed E-state index contributed by atoms with van der Waals surface area (Å²) in [7, 11) is 0. The number of benzene rings is 1. The molecule has 2 unspecified atom stereocenters. The van der Waals surface area contributed by atoms with Crippen LogP contribution in [0.2, 0.25) is 0 Å². The number of carbonyl (C=O) groups excluding carboxylic acids is 1. The van der Waals surface area contributed by atoms with Gasteiger partial charge in [-0.2, -0.15) is 5.26 Å². The van der Waals surface area contributed by atoms with Gasteiger partial charge >= 0.3 is 0 Å². The fraction of sp³-hybridized carbons (Fsp3) is 0.680. The minimum Gasteiger partial charge on any atom is -0.508 e. The van der Waals surface area contributed by atoms with Gasteiger partial charge in [-0.15, -0.1) is 0 Å². The summed E-state index contributed by atoms with van der Waals surface area (Å²) in [6.07, 6.45) is 9.23. The van der Waals surface area contributed by atoms with Crippen LogP contribution in [-0.4, -0.2) is 16.0 Å². The third-order valence-corrected chi connectivity index (χ3v) is 8.51. The third-order valence-electron chi connectivity index (χ3n) is 8.51. The molecule has 0 aliphatic heterocycles. The van der Waals surface area contributed by atoms with E-state index in [1.807, 2.05) is 12.1 Å². The Morgan fingerprint density at radius 1 is 1.14 bits per heavy atom. The SMILES string of the molecule is CC1(C)C2CC1[C@H](c1c(O)cc(C3(CCCCC#N)CCCC3)cc1O)CC2=O. The molecule has 0 amide bonds. The molecule has 3 atom stereocenters. The predicted molar refractivity (Wildman–Crippen MR) is 112 cm³/mol. The topological polar surface area (TPSA) is 81.3 Å². The molecular formula is C25H33NO3. The normalized spacial score (nSPS) is 29.3. The highest BCUT2D eigenvalue weighted by atomic mass is 16.3.